The summed E-state index contributed by atoms with van der Waals surface area (Å²) in [5, 5.41) is 3.22. The topological polar surface area (TPSA) is 85.1 Å². The van der Waals surface area contributed by atoms with Crippen molar-refractivity contribution in [2.75, 3.05) is 0 Å². The SMILES string of the molecule is O=C(NCc1ccnc(-c2ccncc2)c1)c1cc(=O)c2ccccc2o1. The molecule has 0 saturated carbocycles. The van der Waals surface area contributed by atoms with Crippen LogP contribution >= 0.6 is 0 Å². The Labute approximate surface area is 154 Å². The Morgan fingerprint density at radius 3 is 2.67 bits per heavy atom. The van der Waals surface area contributed by atoms with Gasteiger partial charge in [0.05, 0.1) is 11.1 Å². The number of hydrogen-bond donors (Lipinski definition) is 1. The van der Waals surface area contributed by atoms with E-state index in [0.717, 1.165) is 16.8 Å². The highest BCUT2D eigenvalue weighted by molar-refractivity contribution is 5.93. The molecule has 3 heterocycles. The smallest absolute Gasteiger partial charge is 0.287 e. The van der Waals surface area contributed by atoms with Crippen LogP contribution in [0.5, 0.6) is 0 Å². The second-order valence-electron chi connectivity index (χ2n) is 5.94. The Hall–Kier alpha value is -3.80. The van der Waals surface area contributed by atoms with Crippen LogP contribution in [-0.2, 0) is 6.54 Å². The van der Waals surface area contributed by atoms with E-state index in [1.54, 1.807) is 42.9 Å². The molecule has 4 rings (SSSR count). The van der Waals surface area contributed by atoms with E-state index in [9.17, 15) is 9.59 Å². The Morgan fingerprint density at radius 1 is 1.00 bits per heavy atom. The van der Waals surface area contributed by atoms with Crippen molar-refractivity contribution in [2.24, 2.45) is 0 Å². The van der Waals surface area contributed by atoms with Crippen molar-refractivity contribution in [3.05, 3.63) is 94.7 Å². The molecule has 1 N–H and O–H groups in total. The molecule has 0 radical (unpaired) electrons. The number of para-hydroxylation sites is 1. The molecule has 0 unspecified atom stereocenters. The molecular formula is C21H15N3O3. The summed E-state index contributed by atoms with van der Waals surface area (Å²) in [5.74, 6) is -0.456. The Morgan fingerprint density at radius 2 is 1.81 bits per heavy atom. The van der Waals surface area contributed by atoms with Crippen molar-refractivity contribution in [3.8, 4) is 11.3 Å². The first kappa shape index (κ1) is 16.7. The van der Waals surface area contributed by atoms with Gasteiger partial charge in [0.25, 0.3) is 5.91 Å². The van der Waals surface area contributed by atoms with E-state index in [2.05, 4.69) is 15.3 Å². The molecule has 132 valence electrons. The lowest BCUT2D eigenvalue weighted by atomic mass is 10.1. The number of carbonyl (C=O) groups is 1. The van der Waals surface area contributed by atoms with Gasteiger partial charge in [0.1, 0.15) is 5.58 Å². The van der Waals surface area contributed by atoms with Crippen LogP contribution in [0.4, 0.5) is 0 Å². The summed E-state index contributed by atoms with van der Waals surface area (Å²) in [4.78, 5) is 32.9. The molecule has 0 fully saturated rings. The van der Waals surface area contributed by atoms with Gasteiger partial charge in [-0.2, -0.15) is 0 Å². The fourth-order valence-electron chi connectivity index (χ4n) is 2.75. The zero-order chi connectivity index (χ0) is 18.6. The number of carbonyl (C=O) groups excluding carboxylic acids is 1. The molecule has 0 aliphatic carbocycles. The summed E-state index contributed by atoms with van der Waals surface area (Å²) in [6.45, 7) is 0.288. The van der Waals surface area contributed by atoms with Crippen LogP contribution in [-0.4, -0.2) is 15.9 Å². The molecule has 1 amide bonds. The highest BCUT2D eigenvalue weighted by atomic mass is 16.3. The fraction of sp³-hybridized carbons (Fsp3) is 0.0476. The quantitative estimate of drug-likeness (QED) is 0.606. The molecule has 0 atom stereocenters. The summed E-state index contributed by atoms with van der Waals surface area (Å²) in [7, 11) is 0. The van der Waals surface area contributed by atoms with Gasteiger partial charge in [-0.15, -0.1) is 0 Å². The van der Waals surface area contributed by atoms with E-state index in [4.69, 9.17) is 4.42 Å². The van der Waals surface area contributed by atoms with E-state index in [1.807, 2.05) is 24.3 Å². The fourth-order valence-corrected chi connectivity index (χ4v) is 2.75. The number of rotatable bonds is 4. The number of pyridine rings is 2. The second kappa shape index (κ2) is 7.21. The number of benzene rings is 1. The number of aromatic nitrogens is 2. The van der Waals surface area contributed by atoms with Crippen molar-refractivity contribution in [3.63, 3.8) is 0 Å². The van der Waals surface area contributed by atoms with Gasteiger partial charge in [0.2, 0.25) is 0 Å². The number of hydrogen-bond acceptors (Lipinski definition) is 5. The zero-order valence-electron chi connectivity index (χ0n) is 14.3. The van der Waals surface area contributed by atoms with Crippen LogP contribution in [0.3, 0.4) is 0 Å². The van der Waals surface area contributed by atoms with Crippen LogP contribution in [0, 0.1) is 0 Å². The molecule has 3 aromatic heterocycles. The Kier molecular flexibility index (Phi) is 4.45. The summed E-state index contributed by atoms with van der Waals surface area (Å²) in [6.07, 6.45) is 5.09. The molecule has 0 aliphatic rings. The van der Waals surface area contributed by atoms with E-state index in [1.165, 1.54) is 6.07 Å². The summed E-state index contributed by atoms with van der Waals surface area (Å²) < 4.78 is 5.55. The predicted octanol–water partition coefficient (Wildman–Crippen LogP) is 3.18. The van der Waals surface area contributed by atoms with Crippen LogP contribution < -0.4 is 10.7 Å². The Bertz CT molecular complexity index is 1170. The van der Waals surface area contributed by atoms with Gasteiger partial charge in [-0.25, -0.2) is 0 Å². The normalized spacial score (nSPS) is 10.7. The molecule has 0 saturated heterocycles. The first-order chi connectivity index (χ1) is 13.2. The predicted molar refractivity (Wildman–Crippen MR) is 101 cm³/mol. The maximum Gasteiger partial charge on any atom is 0.287 e. The van der Waals surface area contributed by atoms with Crippen LogP contribution in [0.2, 0.25) is 0 Å². The molecule has 0 bridgehead atoms. The van der Waals surface area contributed by atoms with Gasteiger partial charge < -0.3 is 9.73 Å². The van der Waals surface area contributed by atoms with Gasteiger partial charge in [-0.3, -0.25) is 19.6 Å². The second-order valence-corrected chi connectivity index (χ2v) is 5.94. The number of nitrogens with one attached hydrogen (secondary N) is 1. The van der Waals surface area contributed by atoms with Crippen LogP contribution in [0.15, 0.2) is 82.4 Å². The Balaban J connectivity index is 1.52. The zero-order valence-corrected chi connectivity index (χ0v) is 14.3. The molecule has 0 spiro atoms. The number of amides is 1. The van der Waals surface area contributed by atoms with Gasteiger partial charge in [-0.1, -0.05) is 12.1 Å². The molecule has 1 aromatic carbocycles. The minimum atomic E-state index is -0.444. The van der Waals surface area contributed by atoms with Crippen molar-refractivity contribution in [2.45, 2.75) is 6.54 Å². The molecule has 6 nitrogen and oxygen atoms in total. The average Bonchev–Trinajstić information content (AvgIpc) is 2.73. The first-order valence-electron chi connectivity index (χ1n) is 8.37. The molecule has 27 heavy (non-hydrogen) atoms. The lowest BCUT2D eigenvalue weighted by Gasteiger charge is -2.07. The minimum Gasteiger partial charge on any atom is -0.451 e. The maximum atomic E-state index is 12.4. The summed E-state index contributed by atoms with van der Waals surface area (Å²) in [6, 6.07) is 15.5. The average molecular weight is 357 g/mol. The molecule has 6 heteroatoms. The van der Waals surface area contributed by atoms with Gasteiger partial charge in [0, 0.05) is 36.8 Å². The largest absolute Gasteiger partial charge is 0.451 e. The first-order valence-corrected chi connectivity index (χ1v) is 8.37. The molecule has 4 aromatic rings. The van der Waals surface area contributed by atoms with Crippen molar-refractivity contribution >= 4 is 16.9 Å². The summed E-state index contributed by atoms with van der Waals surface area (Å²) >= 11 is 0. The van der Waals surface area contributed by atoms with E-state index in [-0.39, 0.29) is 17.7 Å². The van der Waals surface area contributed by atoms with Crippen LogP contribution in [0.1, 0.15) is 16.1 Å². The van der Waals surface area contributed by atoms with Crippen LogP contribution in [0.25, 0.3) is 22.2 Å². The summed E-state index contributed by atoms with van der Waals surface area (Å²) in [5.41, 5.74) is 2.76. The van der Waals surface area contributed by atoms with E-state index < -0.39 is 5.91 Å². The third-order valence-corrected chi connectivity index (χ3v) is 4.11. The monoisotopic (exact) mass is 357 g/mol. The van der Waals surface area contributed by atoms with Crippen molar-refractivity contribution in [1.82, 2.24) is 15.3 Å². The number of nitrogens with zero attached hydrogens (tertiary/aromatic N) is 2. The lowest BCUT2D eigenvalue weighted by molar-refractivity contribution is 0.0923. The third-order valence-electron chi connectivity index (χ3n) is 4.11. The van der Waals surface area contributed by atoms with Gasteiger partial charge in [-0.05, 0) is 42.0 Å². The highest BCUT2D eigenvalue weighted by Gasteiger charge is 2.12. The standard InChI is InChI=1S/C21H15N3O3/c25-18-12-20(27-19-4-2-1-3-16(18)19)21(26)24-13-14-5-10-23-17(11-14)15-6-8-22-9-7-15/h1-12H,13H2,(H,24,26). The third kappa shape index (κ3) is 3.59. The van der Waals surface area contributed by atoms with Gasteiger partial charge >= 0.3 is 0 Å². The van der Waals surface area contributed by atoms with E-state index in [0.29, 0.717) is 11.0 Å². The lowest BCUT2D eigenvalue weighted by Crippen LogP contribution is -2.24. The maximum absolute atomic E-state index is 12.4. The minimum absolute atomic E-state index is 0.0119. The van der Waals surface area contributed by atoms with Crippen molar-refractivity contribution in [1.29, 1.82) is 0 Å². The highest BCUT2D eigenvalue weighted by Crippen LogP contribution is 2.17. The van der Waals surface area contributed by atoms with Crippen molar-refractivity contribution < 1.29 is 9.21 Å². The molecule has 0 aliphatic heterocycles. The number of fused-ring (bicyclic) bond motifs is 1. The molecular weight excluding hydrogens is 342 g/mol. The van der Waals surface area contributed by atoms with Gasteiger partial charge in [0.15, 0.2) is 11.2 Å². The van der Waals surface area contributed by atoms with E-state index >= 15 is 0 Å².